The van der Waals surface area contributed by atoms with Gasteiger partial charge < -0.3 is 16.0 Å². The van der Waals surface area contributed by atoms with Crippen LogP contribution < -0.4 is 11.1 Å². The van der Waals surface area contributed by atoms with E-state index in [1.807, 2.05) is 0 Å². The van der Waals surface area contributed by atoms with Gasteiger partial charge in [0, 0.05) is 17.6 Å². The number of amides is 1. The van der Waals surface area contributed by atoms with Gasteiger partial charge in [0.05, 0.1) is 12.6 Å². The highest BCUT2D eigenvalue weighted by molar-refractivity contribution is 5.85. The summed E-state index contributed by atoms with van der Waals surface area (Å²) in [6, 6.07) is 2.03. The topological polar surface area (TPSA) is 82.2 Å². The van der Waals surface area contributed by atoms with Gasteiger partial charge in [0.25, 0.3) is 0 Å². The Kier molecular flexibility index (Phi) is 3.91. The van der Waals surface area contributed by atoms with Crippen LogP contribution in [0.25, 0.3) is 0 Å². The predicted octanol–water partition coefficient (Wildman–Crippen LogP) is 1.17. The number of nitriles is 1. The molecule has 0 radical (unpaired) electrons. The van der Waals surface area contributed by atoms with Gasteiger partial charge in [-0.1, -0.05) is 0 Å². The zero-order valence-electron chi connectivity index (χ0n) is 12.9. The van der Waals surface area contributed by atoms with Crippen LogP contribution in [0, 0.1) is 23.2 Å². The number of nitrogens with zero attached hydrogens (tertiary/aromatic N) is 2. The molecular formula is C16H25ClN4O. The van der Waals surface area contributed by atoms with Crippen LogP contribution in [0.5, 0.6) is 0 Å². The lowest BCUT2D eigenvalue weighted by molar-refractivity contribution is -0.130. The average molecular weight is 325 g/mol. The molecule has 5 nitrogen and oxygen atoms in total. The number of rotatable bonds is 3. The van der Waals surface area contributed by atoms with Gasteiger partial charge in [0.15, 0.2) is 0 Å². The highest BCUT2D eigenvalue weighted by atomic mass is 35.5. The monoisotopic (exact) mass is 324 g/mol. The first-order valence-corrected chi connectivity index (χ1v) is 8.27. The van der Waals surface area contributed by atoms with Crippen molar-refractivity contribution in [2.45, 2.75) is 62.1 Å². The lowest BCUT2D eigenvalue weighted by Crippen LogP contribution is -2.54. The first-order valence-electron chi connectivity index (χ1n) is 8.27. The summed E-state index contributed by atoms with van der Waals surface area (Å²) < 4.78 is 0. The second-order valence-corrected chi connectivity index (χ2v) is 7.83. The van der Waals surface area contributed by atoms with Crippen molar-refractivity contribution in [1.82, 2.24) is 10.2 Å². The normalized spacial score (nSPS) is 44.9. The summed E-state index contributed by atoms with van der Waals surface area (Å²) in [6.07, 6.45) is 7.56. The van der Waals surface area contributed by atoms with Crippen LogP contribution in [-0.2, 0) is 4.79 Å². The van der Waals surface area contributed by atoms with Gasteiger partial charge in [0.1, 0.15) is 6.04 Å². The van der Waals surface area contributed by atoms with E-state index in [1.165, 1.54) is 19.3 Å². The minimum Gasteiger partial charge on any atom is -0.326 e. The zero-order valence-corrected chi connectivity index (χ0v) is 13.7. The molecule has 1 heterocycles. The fourth-order valence-corrected chi connectivity index (χ4v) is 5.80. The first kappa shape index (κ1) is 16.0. The molecule has 0 aromatic carbocycles. The number of hydrogen-bond acceptors (Lipinski definition) is 4. The zero-order chi connectivity index (χ0) is 14.7. The molecule has 5 atom stereocenters. The molecule has 1 saturated heterocycles. The SMILES string of the molecule is Cl.N#C[C@@H]1CCCN1C(=O)CNC12CC3CC1CC(N)(C3)C2. The third-order valence-electron chi connectivity index (χ3n) is 6.38. The van der Waals surface area contributed by atoms with Gasteiger partial charge in [-0.25, -0.2) is 0 Å². The van der Waals surface area contributed by atoms with E-state index in [0.717, 1.165) is 38.1 Å². The van der Waals surface area contributed by atoms with Crippen LogP contribution in [0.15, 0.2) is 0 Å². The number of hydrogen-bond donors (Lipinski definition) is 2. The summed E-state index contributed by atoms with van der Waals surface area (Å²) in [5.74, 6) is 1.49. The highest BCUT2D eigenvalue weighted by Crippen LogP contribution is 2.61. The highest BCUT2D eigenvalue weighted by Gasteiger charge is 2.62. The van der Waals surface area contributed by atoms with E-state index in [-0.39, 0.29) is 35.4 Å². The minimum atomic E-state index is -0.214. The quantitative estimate of drug-likeness (QED) is 0.816. The summed E-state index contributed by atoms with van der Waals surface area (Å²) in [5, 5.41) is 12.7. The molecule has 4 saturated carbocycles. The summed E-state index contributed by atoms with van der Waals surface area (Å²) in [5.41, 5.74) is 6.62. The molecule has 3 N–H and O–H groups in total. The van der Waals surface area contributed by atoms with Crippen LogP contribution in [0.1, 0.15) is 44.9 Å². The lowest BCUT2D eigenvalue weighted by Gasteiger charge is -2.39. The van der Waals surface area contributed by atoms with Crippen molar-refractivity contribution >= 4 is 18.3 Å². The molecule has 5 fully saturated rings. The van der Waals surface area contributed by atoms with Gasteiger partial charge in [-0.15, -0.1) is 12.4 Å². The molecule has 122 valence electrons. The smallest absolute Gasteiger partial charge is 0.237 e. The minimum absolute atomic E-state index is 0. The maximum absolute atomic E-state index is 12.4. The van der Waals surface area contributed by atoms with Gasteiger partial charge in [-0.2, -0.15) is 5.26 Å². The molecule has 4 aliphatic carbocycles. The second kappa shape index (κ2) is 5.36. The van der Waals surface area contributed by atoms with Crippen molar-refractivity contribution in [2.24, 2.45) is 17.6 Å². The van der Waals surface area contributed by atoms with Crippen molar-refractivity contribution in [3.63, 3.8) is 0 Å². The van der Waals surface area contributed by atoms with E-state index < -0.39 is 0 Å². The molecule has 0 aromatic heterocycles. The Morgan fingerprint density at radius 3 is 2.95 bits per heavy atom. The van der Waals surface area contributed by atoms with Crippen LogP contribution in [0.2, 0.25) is 0 Å². The van der Waals surface area contributed by atoms with E-state index >= 15 is 0 Å². The standard InChI is InChI=1S/C16H24N4O.ClH/c17-8-13-2-1-3-20(13)14(21)9-19-16-6-11-4-12(16)7-15(18,5-11)10-16;/h11-13,19H,1-7,9-10,18H2;1H/t11?,12?,13-,15?,16?;/m0./s1. The summed E-state index contributed by atoms with van der Waals surface area (Å²) in [7, 11) is 0. The van der Waals surface area contributed by atoms with E-state index in [1.54, 1.807) is 4.90 Å². The maximum atomic E-state index is 12.4. The van der Waals surface area contributed by atoms with Crippen LogP contribution in [0.3, 0.4) is 0 Å². The molecule has 1 amide bonds. The molecule has 1 aliphatic heterocycles. The van der Waals surface area contributed by atoms with Crippen LogP contribution in [0.4, 0.5) is 0 Å². The number of carbonyl (C=O) groups excluding carboxylic acids is 1. The fourth-order valence-electron chi connectivity index (χ4n) is 5.80. The third kappa shape index (κ3) is 2.33. The van der Waals surface area contributed by atoms with Gasteiger partial charge >= 0.3 is 0 Å². The number of nitrogens with one attached hydrogen (secondary N) is 1. The van der Waals surface area contributed by atoms with E-state index in [0.29, 0.717) is 12.5 Å². The summed E-state index contributed by atoms with van der Waals surface area (Å²) in [4.78, 5) is 14.2. The Balaban J connectivity index is 0.00000144. The lowest BCUT2D eigenvalue weighted by atomic mass is 9.75. The largest absolute Gasteiger partial charge is 0.326 e. The molecule has 6 heteroatoms. The Labute approximate surface area is 138 Å². The molecule has 4 bridgehead atoms. The number of halogens is 1. The van der Waals surface area contributed by atoms with Gasteiger partial charge in [0.2, 0.25) is 5.91 Å². The number of likely N-dealkylation sites (tertiary alicyclic amines) is 1. The van der Waals surface area contributed by atoms with Crippen molar-refractivity contribution in [3.8, 4) is 6.07 Å². The molecule has 4 unspecified atom stereocenters. The Bertz CT molecular complexity index is 521. The molecule has 0 aromatic rings. The Morgan fingerprint density at radius 2 is 2.23 bits per heavy atom. The van der Waals surface area contributed by atoms with Gasteiger partial charge in [-0.3, -0.25) is 4.79 Å². The third-order valence-corrected chi connectivity index (χ3v) is 6.38. The van der Waals surface area contributed by atoms with Crippen molar-refractivity contribution < 1.29 is 4.79 Å². The predicted molar refractivity (Wildman–Crippen MR) is 85.3 cm³/mol. The van der Waals surface area contributed by atoms with E-state index in [2.05, 4.69) is 11.4 Å². The fraction of sp³-hybridized carbons (Fsp3) is 0.875. The molecular weight excluding hydrogens is 300 g/mol. The maximum Gasteiger partial charge on any atom is 0.237 e. The molecule has 0 spiro atoms. The number of nitrogens with two attached hydrogens (primary N) is 1. The summed E-state index contributed by atoms with van der Waals surface area (Å²) >= 11 is 0. The molecule has 22 heavy (non-hydrogen) atoms. The van der Waals surface area contributed by atoms with Crippen LogP contribution >= 0.6 is 12.4 Å². The van der Waals surface area contributed by atoms with Crippen molar-refractivity contribution in [3.05, 3.63) is 0 Å². The number of carbonyl (C=O) groups is 1. The van der Waals surface area contributed by atoms with E-state index in [4.69, 9.17) is 11.0 Å². The average Bonchev–Trinajstić information content (AvgIpc) is 3.04. The van der Waals surface area contributed by atoms with Crippen molar-refractivity contribution in [1.29, 1.82) is 5.26 Å². The van der Waals surface area contributed by atoms with Crippen LogP contribution in [-0.4, -0.2) is 41.0 Å². The molecule has 5 rings (SSSR count). The summed E-state index contributed by atoms with van der Waals surface area (Å²) in [6.45, 7) is 1.11. The Morgan fingerprint density at radius 1 is 1.41 bits per heavy atom. The second-order valence-electron chi connectivity index (χ2n) is 7.83. The van der Waals surface area contributed by atoms with Gasteiger partial charge in [-0.05, 0) is 56.8 Å². The molecule has 5 aliphatic rings. The van der Waals surface area contributed by atoms with E-state index in [9.17, 15) is 4.79 Å². The Hall–Kier alpha value is -0.830. The van der Waals surface area contributed by atoms with Crippen molar-refractivity contribution in [2.75, 3.05) is 13.1 Å². The first-order chi connectivity index (χ1) is 10.0.